The number of benzene rings is 1. The van der Waals surface area contributed by atoms with Crippen LogP contribution in [0.5, 0.6) is 11.5 Å². The molecule has 2 aromatic rings. The second kappa shape index (κ2) is 12.2. The van der Waals surface area contributed by atoms with Gasteiger partial charge in [-0.1, -0.05) is 11.6 Å². The van der Waals surface area contributed by atoms with Gasteiger partial charge in [-0.05, 0) is 56.0 Å². The largest absolute Gasteiger partial charge is 0.486 e. The summed E-state index contributed by atoms with van der Waals surface area (Å²) in [4.78, 5) is 42.9. The number of nitrogens with one attached hydrogen (secondary N) is 2. The zero-order valence-corrected chi connectivity index (χ0v) is 23.9. The molecule has 214 valence electrons. The summed E-state index contributed by atoms with van der Waals surface area (Å²) in [6.07, 6.45) is 3.43. The number of carbonyl (C=O) groups excluding carboxylic acids is 3. The average Bonchev–Trinajstić information content (AvgIpc) is 3.59. The lowest BCUT2D eigenvalue weighted by molar-refractivity contribution is -0.144. The molecule has 3 aliphatic rings. The van der Waals surface area contributed by atoms with E-state index in [0.29, 0.717) is 78.4 Å². The van der Waals surface area contributed by atoms with Crippen LogP contribution in [0.2, 0.25) is 4.34 Å². The van der Waals surface area contributed by atoms with Gasteiger partial charge in [0.05, 0.1) is 10.9 Å². The van der Waals surface area contributed by atoms with E-state index in [-0.39, 0.29) is 18.4 Å². The number of likely N-dealkylation sites (tertiary alicyclic amines) is 2. The van der Waals surface area contributed by atoms with E-state index in [0.717, 1.165) is 5.41 Å². The lowest BCUT2D eigenvalue weighted by Gasteiger charge is -2.33. The highest BCUT2D eigenvalue weighted by atomic mass is 35.5. The third kappa shape index (κ3) is 6.77. The van der Waals surface area contributed by atoms with Crippen molar-refractivity contribution in [2.75, 3.05) is 38.2 Å². The second-order valence-corrected chi connectivity index (χ2v) is 13.0. The minimum atomic E-state index is -3.91. The first-order valence-electron chi connectivity index (χ1n) is 12.9. The molecule has 0 saturated carbocycles. The van der Waals surface area contributed by atoms with Crippen molar-refractivity contribution >= 4 is 62.4 Å². The fraction of sp³-hybridized carbons (Fsp3) is 0.423. The number of hydrogen-bond donors (Lipinski definition) is 2. The molecule has 0 spiro atoms. The summed E-state index contributed by atoms with van der Waals surface area (Å²) in [6.45, 7) is 1.39. The highest BCUT2D eigenvalue weighted by Gasteiger charge is 2.37. The standard InChI is InChI=1S/C26H29ClN4O7S2/c27-23-8-6-18(39-23)9-14-40(35,36)29-19-3-1-10-30(26(19)34)16-24(32)31-11-2-4-20(31)25(33)28-17-5-7-21-22(15-17)38-13-12-37-21/h5-9,14-15,19-20,29H,1-4,10-13,16H2,(H,28,33)/b14-9+. The summed E-state index contributed by atoms with van der Waals surface area (Å²) in [5, 5.41) is 3.85. The predicted octanol–water partition coefficient (Wildman–Crippen LogP) is 2.68. The molecule has 4 heterocycles. The molecule has 2 atom stereocenters. The fourth-order valence-corrected chi connectivity index (χ4v) is 7.03. The Morgan fingerprint density at radius 2 is 1.85 bits per heavy atom. The number of thiophene rings is 1. The van der Waals surface area contributed by atoms with Crippen molar-refractivity contribution in [1.29, 1.82) is 0 Å². The molecular formula is C26H29ClN4O7S2. The van der Waals surface area contributed by atoms with E-state index in [1.54, 1.807) is 30.3 Å². The molecule has 0 bridgehead atoms. The number of halogens is 1. The first kappa shape index (κ1) is 28.4. The molecule has 1 aromatic carbocycles. The molecule has 0 radical (unpaired) electrons. The van der Waals surface area contributed by atoms with Gasteiger partial charge in [-0.25, -0.2) is 8.42 Å². The summed E-state index contributed by atoms with van der Waals surface area (Å²) < 4.78 is 39.2. The first-order valence-corrected chi connectivity index (χ1v) is 15.7. The number of carbonyl (C=O) groups is 3. The number of sulfonamides is 1. The van der Waals surface area contributed by atoms with Crippen molar-refractivity contribution in [2.24, 2.45) is 0 Å². The van der Waals surface area contributed by atoms with Gasteiger partial charge in [-0.15, -0.1) is 11.3 Å². The van der Waals surface area contributed by atoms with E-state index in [1.165, 1.54) is 27.2 Å². The lowest BCUT2D eigenvalue weighted by Crippen LogP contribution is -2.55. The Morgan fingerprint density at radius 3 is 2.62 bits per heavy atom. The van der Waals surface area contributed by atoms with Crippen molar-refractivity contribution in [3.8, 4) is 11.5 Å². The number of ether oxygens (including phenoxy) is 2. The van der Waals surface area contributed by atoms with Crippen LogP contribution in [-0.4, -0.2) is 80.9 Å². The van der Waals surface area contributed by atoms with E-state index in [4.69, 9.17) is 21.1 Å². The van der Waals surface area contributed by atoms with Crippen molar-refractivity contribution in [1.82, 2.24) is 14.5 Å². The van der Waals surface area contributed by atoms with E-state index in [2.05, 4.69) is 10.0 Å². The second-order valence-electron chi connectivity index (χ2n) is 9.65. The molecule has 2 saturated heterocycles. The number of amides is 3. The third-order valence-corrected chi connectivity index (χ3v) is 9.16. The number of fused-ring (bicyclic) bond motifs is 1. The molecule has 0 aliphatic carbocycles. The number of rotatable bonds is 8. The molecule has 3 aliphatic heterocycles. The molecular weight excluding hydrogens is 580 g/mol. The number of hydrogen-bond acceptors (Lipinski definition) is 8. The van der Waals surface area contributed by atoms with Gasteiger partial charge in [0.1, 0.15) is 25.3 Å². The Kier molecular flexibility index (Phi) is 8.64. The highest BCUT2D eigenvalue weighted by molar-refractivity contribution is 7.92. The quantitative estimate of drug-likeness (QED) is 0.471. The van der Waals surface area contributed by atoms with Gasteiger partial charge in [0.2, 0.25) is 27.7 Å². The smallest absolute Gasteiger partial charge is 0.247 e. The van der Waals surface area contributed by atoms with Crippen LogP contribution >= 0.6 is 22.9 Å². The van der Waals surface area contributed by atoms with Crippen LogP contribution in [0.25, 0.3) is 6.08 Å². The Morgan fingerprint density at radius 1 is 1.07 bits per heavy atom. The van der Waals surface area contributed by atoms with Crippen LogP contribution in [0.4, 0.5) is 5.69 Å². The molecule has 3 amide bonds. The Hall–Kier alpha value is -3.13. The van der Waals surface area contributed by atoms with Gasteiger partial charge in [0.25, 0.3) is 0 Å². The van der Waals surface area contributed by atoms with Gasteiger partial charge in [-0.2, -0.15) is 4.72 Å². The third-order valence-electron chi connectivity index (χ3n) is 6.85. The van der Waals surface area contributed by atoms with Crippen molar-refractivity contribution in [3.63, 3.8) is 0 Å². The monoisotopic (exact) mass is 608 g/mol. The summed E-state index contributed by atoms with van der Waals surface area (Å²) >= 11 is 7.12. The number of anilines is 1. The molecule has 2 unspecified atom stereocenters. The molecule has 14 heteroatoms. The van der Waals surface area contributed by atoms with Gasteiger partial charge < -0.3 is 24.6 Å². The Labute approximate surface area is 241 Å². The summed E-state index contributed by atoms with van der Waals surface area (Å²) in [5.74, 6) is 0.0103. The molecule has 40 heavy (non-hydrogen) atoms. The Bertz CT molecular complexity index is 1430. The minimum absolute atomic E-state index is 0.228. The predicted molar refractivity (Wildman–Crippen MR) is 151 cm³/mol. The summed E-state index contributed by atoms with van der Waals surface area (Å²) in [6, 6.07) is 6.83. The molecule has 2 N–H and O–H groups in total. The number of nitrogens with zero attached hydrogens (tertiary/aromatic N) is 2. The van der Waals surface area contributed by atoms with Crippen LogP contribution in [0.3, 0.4) is 0 Å². The maximum atomic E-state index is 13.2. The zero-order valence-electron chi connectivity index (χ0n) is 21.5. The van der Waals surface area contributed by atoms with Gasteiger partial charge >= 0.3 is 0 Å². The fourth-order valence-electron chi connectivity index (χ4n) is 4.96. The first-order chi connectivity index (χ1) is 19.2. The molecule has 2 fully saturated rings. The minimum Gasteiger partial charge on any atom is -0.486 e. The van der Waals surface area contributed by atoms with Crippen LogP contribution in [0.1, 0.15) is 30.6 Å². The van der Waals surface area contributed by atoms with Crippen LogP contribution in [0, 0.1) is 0 Å². The lowest BCUT2D eigenvalue weighted by atomic mass is 10.1. The van der Waals surface area contributed by atoms with Crippen LogP contribution in [-0.2, 0) is 24.4 Å². The Balaban J connectivity index is 1.18. The van der Waals surface area contributed by atoms with Crippen molar-refractivity contribution in [2.45, 2.75) is 37.8 Å². The summed E-state index contributed by atoms with van der Waals surface area (Å²) in [5.41, 5.74) is 0.533. The summed E-state index contributed by atoms with van der Waals surface area (Å²) in [7, 11) is -3.91. The average molecular weight is 609 g/mol. The van der Waals surface area contributed by atoms with Crippen LogP contribution < -0.4 is 19.5 Å². The van der Waals surface area contributed by atoms with Crippen LogP contribution in [0.15, 0.2) is 35.7 Å². The maximum Gasteiger partial charge on any atom is 0.247 e. The van der Waals surface area contributed by atoms with Gasteiger partial charge in [0.15, 0.2) is 11.5 Å². The molecule has 1 aromatic heterocycles. The normalized spacial score (nSPS) is 21.2. The SMILES string of the molecule is O=C(Nc1ccc2c(c1)OCCO2)C1CCCN1C(=O)CN1CCCC(NS(=O)(=O)/C=C/c2ccc(Cl)s2)C1=O. The molecule has 11 nitrogen and oxygen atoms in total. The maximum absolute atomic E-state index is 13.2. The highest BCUT2D eigenvalue weighted by Crippen LogP contribution is 2.33. The zero-order chi connectivity index (χ0) is 28.3. The van der Waals surface area contributed by atoms with E-state index in [1.807, 2.05) is 0 Å². The van der Waals surface area contributed by atoms with E-state index < -0.39 is 28.0 Å². The molecule has 5 rings (SSSR count). The topological polar surface area (TPSA) is 134 Å². The van der Waals surface area contributed by atoms with Gasteiger partial charge in [-0.3, -0.25) is 14.4 Å². The van der Waals surface area contributed by atoms with E-state index >= 15 is 0 Å². The number of piperidine rings is 1. The van der Waals surface area contributed by atoms with E-state index in [9.17, 15) is 22.8 Å². The van der Waals surface area contributed by atoms with Crippen molar-refractivity contribution < 1.29 is 32.3 Å². The van der Waals surface area contributed by atoms with Crippen molar-refractivity contribution in [3.05, 3.63) is 45.0 Å². The van der Waals surface area contributed by atoms with Gasteiger partial charge in [0, 0.05) is 35.1 Å².